The van der Waals surface area contributed by atoms with E-state index in [1.54, 1.807) is 7.11 Å². The minimum Gasteiger partial charge on any atom is -0.497 e. The summed E-state index contributed by atoms with van der Waals surface area (Å²) in [4.78, 5) is 11.8. The van der Waals surface area contributed by atoms with Gasteiger partial charge in [0.25, 0.3) is 0 Å². The molecule has 3 aromatic rings. The number of nitrogens with zero attached hydrogens (tertiary/aromatic N) is 4. The van der Waals surface area contributed by atoms with Crippen molar-refractivity contribution in [1.82, 2.24) is 14.5 Å². The summed E-state index contributed by atoms with van der Waals surface area (Å²) < 4.78 is 12.8. The number of aliphatic imine (C=N–C) groups is 1. The van der Waals surface area contributed by atoms with Crippen molar-refractivity contribution < 1.29 is 9.47 Å². The number of rotatable bonds is 6. The van der Waals surface area contributed by atoms with Crippen molar-refractivity contribution in [3.63, 3.8) is 0 Å². The standard InChI is InChI=1S/C21H24N4O2/c1-26-18-8-6-17(7-9-18)16-22-21-23-19-4-2-3-5-20(19)25(21)11-10-24-12-14-27-15-13-24/h2-9,16H,10-15H2,1H3. The third kappa shape index (κ3) is 4.18. The minimum absolute atomic E-state index is 0.736. The van der Waals surface area contributed by atoms with E-state index in [2.05, 4.69) is 20.5 Å². The Morgan fingerprint density at radius 1 is 1.07 bits per heavy atom. The fourth-order valence-corrected chi connectivity index (χ4v) is 3.27. The SMILES string of the molecule is COc1ccc(C=Nc2nc3ccccc3n2CCN2CCOCC2)cc1. The smallest absolute Gasteiger partial charge is 0.230 e. The fraction of sp³-hybridized carbons (Fsp3) is 0.333. The van der Waals surface area contributed by atoms with Crippen LogP contribution < -0.4 is 4.74 Å². The van der Waals surface area contributed by atoms with E-state index in [1.807, 2.05) is 48.7 Å². The van der Waals surface area contributed by atoms with Gasteiger partial charge in [0.15, 0.2) is 0 Å². The van der Waals surface area contributed by atoms with Gasteiger partial charge in [0.05, 0.1) is 31.4 Å². The lowest BCUT2D eigenvalue weighted by atomic mass is 10.2. The zero-order valence-electron chi connectivity index (χ0n) is 15.5. The number of hydrogen-bond acceptors (Lipinski definition) is 5. The first-order valence-electron chi connectivity index (χ1n) is 9.27. The summed E-state index contributed by atoms with van der Waals surface area (Å²) >= 11 is 0. The van der Waals surface area contributed by atoms with E-state index in [4.69, 9.17) is 14.5 Å². The second-order valence-electron chi connectivity index (χ2n) is 6.54. The maximum atomic E-state index is 5.44. The summed E-state index contributed by atoms with van der Waals surface area (Å²) in [6.07, 6.45) is 1.85. The number of hydrogen-bond donors (Lipinski definition) is 0. The van der Waals surface area contributed by atoms with E-state index in [0.29, 0.717) is 0 Å². The van der Waals surface area contributed by atoms with Gasteiger partial charge in [-0.1, -0.05) is 12.1 Å². The molecule has 0 amide bonds. The van der Waals surface area contributed by atoms with Gasteiger partial charge >= 0.3 is 0 Å². The molecule has 1 aromatic heterocycles. The van der Waals surface area contributed by atoms with Gasteiger partial charge in [-0.2, -0.15) is 0 Å². The molecule has 1 aliphatic heterocycles. The zero-order chi connectivity index (χ0) is 18.5. The number of fused-ring (bicyclic) bond motifs is 1. The predicted molar refractivity (Wildman–Crippen MR) is 107 cm³/mol. The fourth-order valence-electron chi connectivity index (χ4n) is 3.27. The maximum Gasteiger partial charge on any atom is 0.230 e. The van der Waals surface area contributed by atoms with Crippen LogP contribution in [-0.2, 0) is 11.3 Å². The number of methoxy groups -OCH3 is 1. The van der Waals surface area contributed by atoms with Gasteiger partial charge in [-0.3, -0.25) is 4.90 Å². The second-order valence-corrected chi connectivity index (χ2v) is 6.54. The Hall–Kier alpha value is -2.70. The monoisotopic (exact) mass is 364 g/mol. The molecule has 4 rings (SSSR count). The van der Waals surface area contributed by atoms with Crippen LogP contribution in [0, 0.1) is 0 Å². The molecule has 6 heteroatoms. The summed E-state index contributed by atoms with van der Waals surface area (Å²) in [5.41, 5.74) is 3.11. The topological polar surface area (TPSA) is 51.9 Å². The zero-order valence-corrected chi connectivity index (χ0v) is 15.5. The van der Waals surface area contributed by atoms with Crippen LogP contribution in [-0.4, -0.2) is 60.6 Å². The van der Waals surface area contributed by atoms with Gasteiger partial charge in [-0.15, -0.1) is 0 Å². The van der Waals surface area contributed by atoms with E-state index >= 15 is 0 Å². The number of aromatic nitrogens is 2. The van der Waals surface area contributed by atoms with Crippen LogP contribution >= 0.6 is 0 Å². The first kappa shape index (κ1) is 17.7. The van der Waals surface area contributed by atoms with Gasteiger partial charge in [0.2, 0.25) is 5.95 Å². The Morgan fingerprint density at radius 3 is 2.63 bits per heavy atom. The third-order valence-electron chi connectivity index (χ3n) is 4.82. The van der Waals surface area contributed by atoms with Crippen molar-refractivity contribution in [2.75, 3.05) is 40.0 Å². The van der Waals surface area contributed by atoms with Crippen LogP contribution in [0.2, 0.25) is 0 Å². The van der Waals surface area contributed by atoms with Crippen molar-refractivity contribution >= 4 is 23.2 Å². The lowest BCUT2D eigenvalue weighted by molar-refractivity contribution is 0.0366. The number of para-hydroxylation sites is 2. The largest absolute Gasteiger partial charge is 0.497 e. The Kier molecular flexibility index (Phi) is 5.46. The van der Waals surface area contributed by atoms with E-state index in [0.717, 1.165) is 67.7 Å². The predicted octanol–water partition coefficient (Wildman–Crippen LogP) is 3.13. The van der Waals surface area contributed by atoms with Crippen molar-refractivity contribution in [2.24, 2.45) is 4.99 Å². The lowest BCUT2D eigenvalue weighted by Crippen LogP contribution is -2.38. The molecule has 0 radical (unpaired) electrons. The highest BCUT2D eigenvalue weighted by atomic mass is 16.5. The average Bonchev–Trinajstić information content (AvgIpc) is 3.09. The van der Waals surface area contributed by atoms with E-state index < -0.39 is 0 Å². The van der Waals surface area contributed by atoms with E-state index in [-0.39, 0.29) is 0 Å². The molecule has 0 bridgehead atoms. The average molecular weight is 364 g/mol. The summed E-state index contributed by atoms with van der Waals surface area (Å²) in [6.45, 7) is 5.42. The van der Waals surface area contributed by atoms with Crippen LogP contribution in [0.25, 0.3) is 11.0 Å². The van der Waals surface area contributed by atoms with Crippen LogP contribution in [0.4, 0.5) is 5.95 Å². The Labute approximate surface area is 159 Å². The van der Waals surface area contributed by atoms with E-state index in [1.165, 1.54) is 0 Å². The highest BCUT2D eigenvalue weighted by molar-refractivity contribution is 5.83. The highest BCUT2D eigenvalue weighted by Gasteiger charge is 2.13. The van der Waals surface area contributed by atoms with Gasteiger partial charge in [-0.05, 0) is 42.0 Å². The lowest BCUT2D eigenvalue weighted by Gasteiger charge is -2.26. The highest BCUT2D eigenvalue weighted by Crippen LogP contribution is 2.22. The Bertz CT molecular complexity index is 912. The van der Waals surface area contributed by atoms with E-state index in [9.17, 15) is 0 Å². The summed E-state index contributed by atoms with van der Waals surface area (Å²) in [7, 11) is 1.67. The molecule has 0 aliphatic carbocycles. The maximum absolute atomic E-state index is 5.44. The molecule has 2 heterocycles. The van der Waals surface area contributed by atoms with Crippen molar-refractivity contribution in [1.29, 1.82) is 0 Å². The molecule has 1 saturated heterocycles. The molecular weight excluding hydrogens is 340 g/mol. The first-order chi connectivity index (χ1) is 13.3. The quantitative estimate of drug-likeness (QED) is 0.631. The molecule has 0 atom stereocenters. The number of imidazole rings is 1. The molecule has 1 fully saturated rings. The number of benzene rings is 2. The molecule has 140 valence electrons. The third-order valence-corrected chi connectivity index (χ3v) is 4.82. The van der Waals surface area contributed by atoms with Gasteiger partial charge < -0.3 is 14.0 Å². The summed E-state index contributed by atoms with van der Waals surface area (Å²) in [6, 6.07) is 16.0. The molecule has 0 unspecified atom stereocenters. The molecule has 6 nitrogen and oxygen atoms in total. The van der Waals surface area contributed by atoms with Crippen LogP contribution in [0.1, 0.15) is 5.56 Å². The molecule has 0 N–H and O–H groups in total. The Morgan fingerprint density at radius 2 is 1.85 bits per heavy atom. The van der Waals surface area contributed by atoms with Gasteiger partial charge in [0.1, 0.15) is 5.75 Å². The first-order valence-corrected chi connectivity index (χ1v) is 9.27. The molecule has 0 saturated carbocycles. The summed E-state index contributed by atoms with van der Waals surface area (Å²) in [5, 5.41) is 0. The van der Waals surface area contributed by atoms with Crippen LogP contribution in [0.3, 0.4) is 0 Å². The number of ether oxygens (including phenoxy) is 2. The van der Waals surface area contributed by atoms with Gasteiger partial charge in [0, 0.05) is 32.4 Å². The molecule has 0 spiro atoms. The molecule has 1 aliphatic rings. The van der Waals surface area contributed by atoms with Crippen LogP contribution in [0.15, 0.2) is 53.5 Å². The minimum atomic E-state index is 0.736. The molecule has 27 heavy (non-hydrogen) atoms. The van der Waals surface area contributed by atoms with Crippen molar-refractivity contribution in [2.45, 2.75) is 6.54 Å². The number of morpholine rings is 1. The van der Waals surface area contributed by atoms with Crippen molar-refractivity contribution in [3.05, 3.63) is 54.1 Å². The molecular formula is C21H24N4O2. The van der Waals surface area contributed by atoms with Crippen LogP contribution in [0.5, 0.6) is 5.75 Å². The van der Waals surface area contributed by atoms with Crippen molar-refractivity contribution in [3.8, 4) is 5.75 Å². The second kappa shape index (κ2) is 8.33. The normalized spacial score (nSPS) is 15.6. The Balaban J connectivity index is 1.57. The summed E-state index contributed by atoms with van der Waals surface area (Å²) in [5.74, 6) is 1.57. The molecule has 2 aromatic carbocycles. The van der Waals surface area contributed by atoms with Gasteiger partial charge in [-0.25, -0.2) is 9.98 Å².